The van der Waals surface area contributed by atoms with Crippen LogP contribution in [0, 0.1) is 0 Å². The van der Waals surface area contributed by atoms with Gasteiger partial charge in [-0.25, -0.2) is 13.1 Å². The number of hydrogen-bond acceptors (Lipinski definition) is 4. The van der Waals surface area contributed by atoms with Crippen molar-refractivity contribution in [3.05, 3.63) is 77.9 Å². The van der Waals surface area contributed by atoms with Crippen LogP contribution in [0.2, 0.25) is 0 Å². The zero-order valence-electron chi connectivity index (χ0n) is 19.5. The molecule has 0 bridgehead atoms. The van der Waals surface area contributed by atoms with Gasteiger partial charge < -0.3 is 5.32 Å². The molecule has 1 fully saturated rings. The van der Waals surface area contributed by atoms with Gasteiger partial charge in [0.05, 0.1) is 4.90 Å². The predicted molar refractivity (Wildman–Crippen MR) is 136 cm³/mol. The average Bonchev–Trinajstić information content (AvgIpc) is 3.12. The summed E-state index contributed by atoms with van der Waals surface area (Å²) < 4.78 is 27.7. The van der Waals surface area contributed by atoms with E-state index in [4.69, 9.17) is 0 Å². The molecule has 7 heteroatoms. The Kier molecular flexibility index (Phi) is 8.32. The fourth-order valence-electron chi connectivity index (χ4n) is 4.32. The molecule has 0 saturated carbocycles. The van der Waals surface area contributed by atoms with Crippen molar-refractivity contribution >= 4 is 26.7 Å². The second kappa shape index (κ2) is 11.6. The van der Waals surface area contributed by atoms with Crippen LogP contribution in [0.1, 0.15) is 43.2 Å². The number of likely N-dealkylation sites (tertiary alicyclic amines) is 1. The first kappa shape index (κ1) is 24.4. The molecular weight excluding hydrogens is 446 g/mol. The van der Waals surface area contributed by atoms with Gasteiger partial charge in [0.15, 0.2) is 0 Å². The van der Waals surface area contributed by atoms with E-state index >= 15 is 0 Å². The van der Waals surface area contributed by atoms with E-state index < -0.39 is 10.0 Å². The highest BCUT2D eigenvalue weighted by Crippen LogP contribution is 2.19. The molecular formula is C27H33N3O3S. The molecule has 0 radical (unpaired) electrons. The fraction of sp³-hybridized carbons (Fsp3) is 0.370. The van der Waals surface area contributed by atoms with Crippen molar-refractivity contribution in [3.8, 4) is 0 Å². The standard InChI is InChI=1S/C27H33N3O3S/c31-27(15-16-29-34(32,33)26-14-13-24-7-3-4-8-25(24)19-26)28-20-22-9-11-23(12-10-22)21-30-17-5-1-2-6-18-30/h3-4,7-14,19,29H,1-2,5-6,15-18,20-21H2,(H,28,31). The molecule has 3 aromatic carbocycles. The number of rotatable bonds is 9. The molecule has 0 spiro atoms. The molecule has 1 aliphatic heterocycles. The summed E-state index contributed by atoms with van der Waals surface area (Å²) >= 11 is 0. The molecule has 0 aliphatic carbocycles. The maximum Gasteiger partial charge on any atom is 0.240 e. The number of carbonyl (C=O) groups excluding carboxylic acids is 1. The van der Waals surface area contributed by atoms with Crippen LogP contribution in [0.3, 0.4) is 0 Å². The van der Waals surface area contributed by atoms with Crippen molar-refractivity contribution in [2.75, 3.05) is 19.6 Å². The predicted octanol–water partition coefficient (Wildman–Crippen LogP) is 4.20. The van der Waals surface area contributed by atoms with Crippen LogP contribution in [0.15, 0.2) is 71.6 Å². The van der Waals surface area contributed by atoms with E-state index in [1.807, 2.05) is 24.3 Å². The molecule has 6 nitrogen and oxygen atoms in total. The Morgan fingerprint density at radius 3 is 2.24 bits per heavy atom. The summed E-state index contributed by atoms with van der Waals surface area (Å²) in [5.74, 6) is -0.185. The summed E-state index contributed by atoms with van der Waals surface area (Å²) in [6.45, 7) is 3.80. The van der Waals surface area contributed by atoms with Crippen LogP contribution < -0.4 is 10.0 Å². The van der Waals surface area contributed by atoms with Crippen LogP contribution in [0.25, 0.3) is 10.8 Å². The maximum atomic E-state index is 12.6. The molecule has 1 aliphatic rings. The summed E-state index contributed by atoms with van der Waals surface area (Å²) in [6, 6.07) is 21.0. The molecule has 2 N–H and O–H groups in total. The Morgan fingerprint density at radius 2 is 1.50 bits per heavy atom. The maximum absolute atomic E-state index is 12.6. The second-order valence-corrected chi connectivity index (χ2v) is 10.7. The molecule has 1 saturated heterocycles. The summed E-state index contributed by atoms with van der Waals surface area (Å²) in [5.41, 5.74) is 2.32. The zero-order valence-corrected chi connectivity index (χ0v) is 20.3. The van der Waals surface area contributed by atoms with Gasteiger partial charge in [-0.3, -0.25) is 9.69 Å². The topological polar surface area (TPSA) is 78.5 Å². The smallest absolute Gasteiger partial charge is 0.240 e. The number of nitrogens with one attached hydrogen (secondary N) is 2. The van der Waals surface area contributed by atoms with E-state index in [9.17, 15) is 13.2 Å². The van der Waals surface area contributed by atoms with Gasteiger partial charge in [-0.05, 0) is 60.0 Å². The highest BCUT2D eigenvalue weighted by atomic mass is 32.2. The van der Waals surface area contributed by atoms with E-state index in [0.717, 1.165) is 22.9 Å². The summed E-state index contributed by atoms with van der Waals surface area (Å²) in [5, 5.41) is 4.72. The van der Waals surface area contributed by atoms with Crippen LogP contribution in [0.5, 0.6) is 0 Å². The van der Waals surface area contributed by atoms with Crippen molar-refractivity contribution in [1.29, 1.82) is 0 Å². The molecule has 3 aromatic rings. The van der Waals surface area contributed by atoms with Gasteiger partial charge in [0.1, 0.15) is 0 Å². The molecule has 34 heavy (non-hydrogen) atoms. The van der Waals surface area contributed by atoms with Crippen molar-refractivity contribution in [1.82, 2.24) is 14.9 Å². The highest BCUT2D eigenvalue weighted by Gasteiger charge is 2.15. The number of carbonyl (C=O) groups is 1. The van der Waals surface area contributed by atoms with Gasteiger partial charge in [-0.15, -0.1) is 0 Å². The van der Waals surface area contributed by atoms with E-state index in [2.05, 4.69) is 39.2 Å². The third-order valence-electron chi connectivity index (χ3n) is 6.29. The molecule has 0 aromatic heterocycles. The number of hydrogen-bond donors (Lipinski definition) is 2. The van der Waals surface area contributed by atoms with Gasteiger partial charge in [0, 0.05) is 26.1 Å². The normalized spacial score (nSPS) is 15.2. The number of fused-ring (bicyclic) bond motifs is 1. The summed E-state index contributed by atoms with van der Waals surface area (Å²) in [7, 11) is -3.67. The van der Waals surface area contributed by atoms with Crippen molar-refractivity contribution in [2.45, 2.75) is 50.1 Å². The lowest BCUT2D eigenvalue weighted by atomic mass is 10.1. The lowest BCUT2D eigenvalue weighted by molar-refractivity contribution is -0.121. The van der Waals surface area contributed by atoms with Gasteiger partial charge in [-0.1, -0.05) is 67.4 Å². The summed E-state index contributed by atoms with van der Waals surface area (Å²) in [6.07, 6.45) is 5.31. The Bertz CT molecular complexity index is 1200. The van der Waals surface area contributed by atoms with E-state index in [-0.39, 0.29) is 23.8 Å². The van der Waals surface area contributed by atoms with Crippen molar-refractivity contribution in [2.24, 2.45) is 0 Å². The van der Waals surface area contributed by atoms with Crippen molar-refractivity contribution in [3.63, 3.8) is 0 Å². The molecule has 1 heterocycles. The first-order valence-corrected chi connectivity index (χ1v) is 13.5. The van der Waals surface area contributed by atoms with Gasteiger partial charge in [0.25, 0.3) is 0 Å². The van der Waals surface area contributed by atoms with Crippen LogP contribution in [-0.2, 0) is 27.9 Å². The van der Waals surface area contributed by atoms with Crippen LogP contribution >= 0.6 is 0 Å². The Hall–Kier alpha value is -2.74. The van der Waals surface area contributed by atoms with Crippen LogP contribution in [0.4, 0.5) is 0 Å². The minimum Gasteiger partial charge on any atom is -0.352 e. The summed E-state index contributed by atoms with van der Waals surface area (Å²) in [4.78, 5) is 14.9. The highest BCUT2D eigenvalue weighted by molar-refractivity contribution is 7.89. The van der Waals surface area contributed by atoms with Crippen molar-refractivity contribution < 1.29 is 13.2 Å². The fourth-order valence-corrected chi connectivity index (χ4v) is 5.39. The lowest BCUT2D eigenvalue weighted by Gasteiger charge is -2.19. The number of amides is 1. The van der Waals surface area contributed by atoms with Gasteiger partial charge in [0.2, 0.25) is 15.9 Å². The quantitative estimate of drug-likeness (QED) is 0.482. The first-order chi connectivity index (χ1) is 16.5. The van der Waals surface area contributed by atoms with E-state index in [1.165, 1.54) is 44.3 Å². The Morgan fingerprint density at radius 1 is 0.824 bits per heavy atom. The molecule has 180 valence electrons. The monoisotopic (exact) mass is 479 g/mol. The molecule has 0 atom stereocenters. The minimum absolute atomic E-state index is 0.0514. The Balaban J connectivity index is 1.20. The SMILES string of the molecule is O=C(CCNS(=O)(=O)c1ccc2ccccc2c1)NCc1ccc(CN2CCCCCC2)cc1. The van der Waals surface area contributed by atoms with E-state index in [0.29, 0.717) is 6.54 Å². The molecule has 0 unspecified atom stereocenters. The third kappa shape index (κ3) is 6.88. The Labute approximate surface area is 202 Å². The largest absolute Gasteiger partial charge is 0.352 e. The van der Waals surface area contributed by atoms with Crippen LogP contribution in [-0.4, -0.2) is 38.9 Å². The zero-order chi connectivity index (χ0) is 23.8. The minimum atomic E-state index is -3.67. The second-order valence-electron chi connectivity index (χ2n) is 8.94. The lowest BCUT2D eigenvalue weighted by Crippen LogP contribution is -2.30. The molecule has 4 rings (SSSR count). The number of benzene rings is 3. The third-order valence-corrected chi connectivity index (χ3v) is 7.75. The van der Waals surface area contributed by atoms with Gasteiger partial charge in [-0.2, -0.15) is 0 Å². The first-order valence-electron chi connectivity index (χ1n) is 12.0. The van der Waals surface area contributed by atoms with E-state index in [1.54, 1.807) is 18.2 Å². The van der Waals surface area contributed by atoms with Gasteiger partial charge >= 0.3 is 0 Å². The number of sulfonamides is 1. The molecule has 1 amide bonds. The number of nitrogens with zero attached hydrogens (tertiary/aromatic N) is 1. The average molecular weight is 480 g/mol.